The highest BCUT2D eigenvalue weighted by Crippen LogP contribution is 2.30. The van der Waals surface area contributed by atoms with E-state index in [9.17, 15) is 14.4 Å². The third-order valence-corrected chi connectivity index (χ3v) is 6.34. The number of amides is 2. The monoisotopic (exact) mass is 457 g/mol. The fourth-order valence-corrected chi connectivity index (χ4v) is 4.61. The number of carbonyl (C=O) groups excluding carboxylic acids is 2. The first-order chi connectivity index (χ1) is 14.9. The minimum absolute atomic E-state index is 0.0768. The van der Waals surface area contributed by atoms with Gasteiger partial charge in [-0.15, -0.1) is 22.7 Å². The van der Waals surface area contributed by atoms with Crippen LogP contribution in [-0.2, 0) is 29.7 Å². The van der Waals surface area contributed by atoms with Crippen molar-refractivity contribution < 1.29 is 9.59 Å². The van der Waals surface area contributed by atoms with E-state index in [4.69, 9.17) is 0 Å². The second-order valence-corrected chi connectivity index (χ2v) is 8.79. The van der Waals surface area contributed by atoms with Crippen molar-refractivity contribution in [3.8, 4) is 10.6 Å². The van der Waals surface area contributed by atoms with Gasteiger partial charge in [-0.1, -0.05) is 0 Å². The third-order valence-electron chi connectivity index (χ3n) is 4.47. The number of aryl methyl sites for hydroxylation is 2. The number of thiophene rings is 1. The first-order valence-electron chi connectivity index (χ1n) is 9.37. The minimum Gasteiger partial charge on any atom is -0.351 e. The van der Waals surface area contributed by atoms with E-state index < -0.39 is 0 Å². The second kappa shape index (κ2) is 8.78. The Morgan fingerprint density at radius 2 is 2.10 bits per heavy atom. The molecule has 4 aromatic rings. The summed E-state index contributed by atoms with van der Waals surface area (Å²) in [5, 5.41) is 12.4. The molecule has 0 saturated carbocycles. The molecule has 12 heteroatoms. The zero-order chi connectivity index (χ0) is 22.0. The standard InChI is InChI=1S/C19H19N7O3S2/c1-11(27)20-7-12-3-4-15(31-12)14-9-30-19(23-14)24-16(28)5-6-26-10-21-17-13(18(26)29)8-22-25(17)2/h3-4,8-10H,5-7H2,1-2H3,(H,20,27)(H,23,24,28). The van der Waals surface area contributed by atoms with Gasteiger partial charge in [0.25, 0.3) is 5.56 Å². The molecule has 2 N–H and O–H groups in total. The summed E-state index contributed by atoms with van der Waals surface area (Å²) >= 11 is 2.87. The Morgan fingerprint density at radius 1 is 1.26 bits per heavy atom. The smallest absolute Gasteiger partial charge is 0.264 e. The number of thiazole rings is 1. The molecule has 4 aromatic heterocycles. The lowest BCUT2D eigenvalue weighted by molar-refractivity contribution is -0.119. The van der Waals surface area contributed by atoms with Gasteiger partial charge in [-0.3, -0.25) is 23.6 Å². The van der Waals surface area contributed by atoms with Gasteiger partial charge in [0.2, 0.25) is 11.8 Å². The lowest BCUT2D eigenvalue weighted by Gasteiger charge is -2.05. The van der Waals surface area contributed by atoms with E-state index in [0.717, 1.165) is 15.4 Å². The van der Waals surface area contributed by atoms with Crippen molar-refractivity contribution >= 4 is 50.7 Å². The van der Waals surface area contributed by atoms with Gasteiger partial charge in [-0.2, -0.15) is 5.10 Å². The summed E-state index contributed by atoms with van der Waals surface area (Å²) in [5.74, 6) is -0.316. The largest absolute Gasteiger partial charge is 0.351 e. The molecule has 0 saturated heterocycles. The Balaban J connectivity index is 1.36. The van der Waals surface area contributed by atoms with Crippen LogP contribution in [0.5, 0.6) is 0 Å². The molecule has 0 aliphatic heterocycles. The van der Waals surface area contributed by atoms with Crippen LogP contribution in [0.2, 0.25) is 0 Å². The molecular weight excluding hydrogens is 438 g/mol. The van der Waals surface area contributed by atoms with Crippen LogP contribution in [0.4, 0.5) is 5.13 Å². The number of hydrogen-bond acceptors (Lipinski definition) is 8. The molecule has 0 fully saturated rings. The molecule has 0 unspecified atom stereocenters. The Hall–Kier alpha value is -3.38. The van der Waals surface area contributed by atoms with Crippen LogP contribution in [0.3, 0.4) is 0 Å². The fraction of sp³-hybridized carbons (Fsp3) is 0.263. The Morgan fingerprint density at radius 3 is 2.90 bits per heavy atom. The van der Waals surface area contributed by atoms with Gasteiger partial charge >= 0.3 is 0 Å². The summed E-state index contributed by atoms with van der Waals surface area (Å²) in [5.41, 5.74) is 1.05. The maximum Gasteiger partial charge on any atom is 0.264 e. The molecule has 0 bridgehead atoms. The van der Waals surface area contributed by atoms with Crippen molar-refractivity contribution in [2.24, 2.45) is 7.05 Å². The first-order valence-corrected chi connectivity index (χ1v) is 11.1. The van der Waals surface area contributed by atoms with Crippen LogP contribution in [0.25, 0.3) is 21.6 Å². The highest BCUT2D eigenvalue weighted by atomic mass is 32.1. The minimum atomic E-state index is -0.239. The van der Waals surface area contributed by atoms with Gasteiger partial charge in [-0.25, -0.2) is 9.97 Å². The number of hydrogen-bond donors (Lipinski definition) is 2. The Bertz CT molecular complexity index is 1320. The molecule has 0 aliphatic carbocycles. The van der Waals surface area contributed by atoms with Crippen molar-refractivity contribution in [3.63, 3.8) is 0 Å². The molecule has 31 heavy (non-hydrogen) atoms. The predicted molar refractivity (Wildman–Crippen MR) is 119 cm³/mol. The molecule has 0 spiro atoms. The summed E-state index contributed by atoms with van der Waals surface area (Å²) in [7, 11) is 1.72. The lowest BCUT2D eigenvalue weighted by atomic mass is 10.3. The number of fused-ring (bicyclic) bond motifs is 1. The van der Waals surface area contributed by atoms with Crippen molar-refractivity contribution in [1.82, 2.24) is 29.6 Å². The molecule has 0 atom stereocenters. The van der Waals surface area contributed by atoms with Crippen molar-refractivity contribution in [2.75, 3.05) is 5.32 Å². The van der Waals surface area contributed by atoms with Crippen LogP contribution in [0.1, 0.15) is 18.2 Å². The van der Waals surface area contributed by atoms with Gasteiger partial charge in [0, 0.05) is 37.2 Å². The molecule has 0 aliphatic rings. The molecule has 4 rings (SSSR count). The fourth-order valence-electron chi connectivity index (χ4n) is 2.90. The maximum absolute atomic E-state index is 12.5. The van der Waals surface area contributed by atoms with Gasteiger partial charge in [0.1, 0.15) is 5.39 Å². The predicted octanol–water partition coefficient (Wildman–Crippen LogP) is 1.98. The summed E-state index contributed by atoms with van der Waals surface area (Å²) in [6, 6.07) is 3.88. The summed E-state index contributed by atoms with van der Waals surface area (Å²) in [6.45, 7) is 2.17. The van der Waals surface area contributed by atoms with Crippen LogP contribution < -0.4 is 16.2 Å². The zero-order valence-electron chi connectivity index (χ0n) is 16.8. The normalized spacial score (nSPS) is 11.0. The lowest BCUT2D eigenvalue weighted by Crippen LogP contribution is -2.23. The van der Waals surface area contributed by atoms with Crippen molar-refractivity contribution in [3.05, 3.63) is 45.3 Å². The van der Waals surface area contributed by atoms with Crippen LogP contribution >= 0.6 is 22.7 Å². The van der Waals surface area contributed by atoms with Crippen molar-refractivity contribution in [2.45, 2.75) is 26.4 Å². The molecule has 10 nitrogen and oxygen atoms in total. The average Bonchev–Trinajstić information content (AvgIpc) is 3.46. The van der Waals surface area contributed by atoms with Crippen LogP contribution in [-0.4, -0.2) is 36.1 Å². The van der Waals surface area contributed by atoms with E-state index in [2.05, 4.69) is 25.7 Å². The van der Waals surface area contributed by atoms with Gasteiger partial charge in [0.15, 0.2) is 10.8 Å². The van der Waals surface area contributed by atoms with Gasteiger partial charge < -0.3 is 10.6 Å². The number of aromatic nitrogens is 5. The zero-order valence-corrected chi connectivity index (χ0v) is 18.4. The Labute approximate surface area is 184 Å². The molecular formula is C19H19N7O3S2. The average molecular weight is 458 g/mol. The molecule has 4 heterocycles. The number of anilines is 1. The number of nitrogens with zero attached hydrogens (tertiary/aromatic N) is 5. The van der Waals surface area contributed by atoms with E-state index in [1.165, 1.54) is 51.4 Å². The van der Waals surface area contributed by atoms with Crippen LogP contribution in [0, 0.1) is 0 Å². The third kappa shape index (κ3) is 4.70. The SMILES string of the molecule is CC(=O)NCc1ccc(-c2csc(NC(=O)CCn3cnc4c(cnn4C)c3=O)n2)s1. The Kier molecular flexibility index (Phi) is 5.91. The topological polar surface area (TPSA) is 124 Å². The summed E-state index contributed by atoms with van der Waals surface area (Å²) in [4.78, 5) is 46.5. The quantitative estimate of drug-likeness (QED) is 0.437. The van der Waals surface area contributed by atoms with E-state index >= 15 is 0 Å². The van der Waals surface area contributed by atoms with Gasteiger partial charge in [0.05, 0.1) is 29.6 Å². The number of rotatable bonds is 7. The number of carbonyl (C=O) groups is 2. The maximum atomic E-state index is 12.5. The van der Waals surface area contributed by atoms with Crippen molar-refractivity contribution in [1.29, 1.82) is 0 Å². The molecule has 2 amide bonds. The molecule has 160 valence electrons. The van der Waals surface area contributed by atoms with E-state index in [1.807, 2.05) is 17.5 Å². The van der Waals surface area contributed by atoms with E-state index in [0.29, 0.717) is 22.7 Å². The molecule has 0 aromatic carbocycles. The van der Waals surface area contributed by atoms with E-state index in [-0.39, 0.29) is 30.3 Å². The van der Waals surface area contributed by atoms with Gasteiger partial charge in [-0.05, 0) is 12.1 Å². The first kappa shape index (κ1) is 20.9. The highest BCUT2D eigenvalue weighted by Gasteiger charge is 2.12. The molecule has 0 radical (unpaired) electrons. The second-order valence-electron chi connectivity index (χ2n) is 6.76. The summed E-state index contributed by atoms with van der Waals surface area (Å²) < 4.78 is 2.93. The van der Waals surface area contributed by atoms with E-state index in [1.54, 1.807) is 7.05 Å². The highest BCUT2D eigenvalue weighted by molar-refractivity contribution is 7.17. The van der Waals surface area contributed by atoms with Crippen LogP contribution in [0.15, 0.2) is 34.8 Å². The summed E-state index contributed by atoms with van der Waals surface area (Å²) in [6.07, 6.45) is 3.02. The number of nitrogens with one attached hydrogen (secondary N) is 2.